The average molecular weight is 280 g/mol. The first kappa shape index (κ1) is 13.9. The minimum atomic E-state index is -0.756. The Labute approximate surface area is 113 Å². The number of benzene rings is 2. The molecular formula is C14H11F3N2O. The van der Waals surface area contributed by atoms with Crippen LogP contribution in [0, 0.1) is 17.5 Å². The Morgan fingerprint density at radius 1 is 1.05 bits per heavy atom. The Kier molecular flexibility index (Phi) is 3.93. The van der Waals surface area contributed by atoms with Crippen molar-refractivity contribution in [3.05, 3.63) is 65.0 Å². The molecule has 0 unspecified atom stereocenters. The molecular weight excluding hydrogens is 269 g/mol. The Morgan fingerprint density at radius 3 is 2.45 bits per heavy atom. The van der Waals surface area contributed by atoms with Gasteiger partial charge in [-0.2, -0.15) is 0 Å². The van der Waals surface area contributed by atoms with E-state index in [0.717, 1.165) is 18.2 Å². The number of amides is 1. The molecule has 0 spiro atoms. The van der Waals surface area contributed by atoms with Crippen LogP contribution in [0.15, 0.2) is 36.4 Å². The highest BCUT2D eigenvalue weighted by Crippen LogP contribution is 2.13. The number of rotatable bonds is 3. The largest absolute Gasteiger partial charge is 0.396 e. The van der Waals surface area contributed by atoms with Crippen molar-refractivity contribution in [1.82, 2.24) is 5.32 Å². The van der Waals surface area contributed by atoms with Crippen molar-refractivity contribution in [2.45, 2.75) is 6.54 Å². The van der Waals surface area contributed by atoms with Crippen molar-refractivity contribution in [2.75, 3.05) is 5.73 Å². The van der Waals surface area contributed by atoms with Crippen LogP contribution < -0.4 is 11.1 Å². The molecule has 0 atom stereocenters. The third-order valence-electron chi connectivity index (χ3n) is 2.72. The summed E-state index contributed by atoms with van der Waals surface area (Å²) in [6, 6.07) is 6.66. The van der Waals surface area contributed by atoms with Gasteiger partial charge < -0.3 is 11.1 Å². The van der Waals surface area contributed by atoms with E-state index in [-0.39, 0.29) is 23.4 Å². The SMILES string of the molecule is Nc1ccc(C(=O)NCc2ccc(F)cc2F)cc1F. The fourth-order valence-electron chi connectivity index (χ4n) is 1.61. The van der Waals surface area contributed by atoms with Gasteiger partial charge in [0.15, 0.2) is 0 Å². The van der Waals surface area contributed by atoms with Crippen LogP contribution in [0.4, 0.5) is 18.9 Å². The molecule has 1 amide bonds. The Bertz CT molecular complexity index is 659. The molecule has 3 nitrogen and oxygen atoms in total. The van der Waals surface area contributed by atoms with Crippen LogP contribution in [0.5, 0.6) is 0 Å². The lowest BCUT2D eigenvalue weighted by atomic mass is 10.1. The van der Waals surface area contributed by atoms with Crippen LogP contribution >= 0.6 is 0 Å². The highest BCUT2D eigenvalue weighted by atomic mass is 19.1. The van der Waals surface area contributed by atoms with E-state index in [1.54, 1.807) is 0 Å². The van der Waals surface area contributed by atoms with Gasteiger partial charge in [0.1, 0.15) is 17.5 Å². The van der Waals surface area contributed by atoms with Crippen LogP contribution in [0.3, 0.4) is 0 Å². The lowest BCUT2D eigenvalue weighted by molar-refractivity contribution is 0.0950. The Balaban J connectivity index is 2.06. The van der Waals surface area contributed by atoms with Crippen LogP contribution in [0.1, 0.15) is 15.9 Å². The quantitative estimate of drug-likeness (QED) is 0.849. The Morgan fingerprint density at radius 2 is 1.80 bits per heavy atom. The summed E-state index contributed by atoms with van der Waals surface area (Å²) in [6.45, 7) is -0.128. The van der Waals surface area contributed by atoms with E-state index in [4.69, 9.17) is 5.73 Å². The topological polar surface area (TPSA) is 55.1 Å². The molecule has 0 radical (unpaired) electrons. The van der Waals surface area contributed by atoms with Crippen molar-refractivity contribution in [1.29, 1.82) is 0 Å². The minimum absolute atomic E-state index is 0.0638. The maximum atomic E-state index is 13.4. The second kappa shape index (κ2) is 5.64. The lowest BCUT2D eigenvalue weighted by Gasteiger charge is -2.07. The number of anilines is 1. The van der Waals surface area contributed by atoms with E-state index >= 15 is 0 Å². The molecule has 0 saturated heterocycles. The molecule has 2 aromatic rings. The van der Waals surface area contributed by atoms with E-state index in [2.05, 4.69) is 5.32 Å². The summed E-state index contributed by atoms with van der Waals surface area (Å²) < 4.78 is 39.3. The fraction of sp³-hybridized carbons (Fsp3) is 0.0714. The normalized spacial score (nSPS) is 10.3. The molecule has 104 valence electrons. The fourth-order valence-corrected chi connectivity index (χ4v) is 1.61. The van der Waals surface area contributed by atoms with Crippen molar-refractivity contribution in [3.8, 4) is 0 Å². The van der Waals surface area contributed by atoms with Crippen LogP contribution in [-0.2, 0) is 6.54 Å². The van der Waals surface area contributed by atoms with Gasteiger partial charge >= 0.3 is 0 Å². The van der Waals surface area contributed by atoms with E-state index in [1.807, 2.05) is 0 Å². The number of nitrogen functional groups attached to an aromatic ring is 1. The van der Waals surface area contributed by atoms with Gasteiger partial charge in [-0.25, -0.2) is 13.2 Å². The molecule has 0 saturated carbocycles. The summed E-state index contributed by atoms with van der Waals surface area (Å²) in [6.07, 6.45) is 0. The van der Waals surface area contributed by atoms with Gasteiger partial charge in [-0.3, -0.25) is 4.79 Å². The second-order valence-corrected chi connectivity index (χ2v) is 4.15. The number of nitrogens with two attached hydrogens (primary N) is 1. The zero-order chi connectivity index (χ0) is 14.7. The van der Waals surface area contributed by atoms with Gasteiger partial charge in [-0.15, -0.1) is 0 Å². The summed E-state index contributed by atoms with van der Waals surface area (Å²) in [5.74, 6) is -2.73. The maximum absolute atomic E-state index is 13.4. The zero-order valence-electron chi connectivity index (χ0n) is 10.3. The van der Waals surface area contributed by atoms with Crippen LogP contribution in [-0.4, -0.2) is 5.91 Å². The third kappa shape index (κ3) is 3.09. The van der Waals surface area contributed by atoms with Gasteiger partial charge in [0.05, 0.1) is 5.69 Å². The van der Waals surface area contributed by atoms with Gasteiger partial charge in [-0.05, 0) is 24.3 Å². The highest BCUT2D eigenvalue weighted by molar-refractivity contribution is 5.94. The smallest absolute Gasteiger partial charge is 0.251 e. The number of halogens is 3. The van der Waals surface area contributed by atoms with Gasteiger partial charge in [0.2, 0.25) is 0 Å². The van der Waals surface area contributed by atoms with E-state index in [1.165, 1.54) is 18.2 Å². The molecule has 20 heavy (non-hydrogen) atoms. The second-order valence-electron chi connectivity index (χ2n) is 4.15. The average Bonchev–Trinajstić information content (AvgIpc) is 2.40. The van der Waals surface area contributed by atoms with Gasteiger partial charge in [-0.1, -0.05) is 6.07 Å². The molecule has 0 aliphatic carbocycles. The van der Waals surface area contributed by atoms with Crippen molar-refractivity contribution >= 4 is 11.6 Å². The monoisotopic (exact) mass is 280 g/mol. The van der Waals surface area contributed by atoms with Crippen LogP contribution in [0.25, 0.3) is 0 Å². The molecule has 0 heterocycles. The van der Waals surface area contributed by atoms with Crippen molar-refractivity contribution in [3.63, 3.8) is 0 Å². The molecule has 0 fully saturated rings. The first-order valence-corrected chi connectivity index (χ1v) is 5.74. The van der Waals surface area contributed by atoms with E-state index in [9.17, 15) is 18.0 Å². The summed E-state index contributed by atoms with van der Waals surface area (Å²) in [5, 5.41) is 2.41. The molecule has 0 aromatic heterocycles. The predicted molar refractivity (Wildman–Crippen MR) is 68.3 cm³/mol. The number of carbonyl (C=O) groups excluding carboxylic acids is 1. The highest BCUT2D eigenvalue weighted by Gasteiger charge is 2.10. The number of hydrogen-bond donors (Lipinski definition) is 2. The van der Waals surface area contributed by atoms with Crippen molar-refractivity contribution in [2.24, 2.45) is 0 Å². The molecule has 0 aliphatic rings. The van der Waals surface area contributed by atoms with Crippen LogP contribution in [0.2, 0.25) is 0 Å². The summed E-state index contributed by atoms with van der Waals surface area (Å²) in [4.78, 5) is 11.7. The number of hydrogen-bond acceptors (Lipinski definition) is 2. The molecule has 6 heteroatoms. The van der Waals surface area contributed by atoms with Gasteiger partial charge in [0.25, 0.3) is 5.91 Å². The van der Waals surface area contributed by atoms with E-state index < -0.39 is 23.4 Å². The third-order valence-corrected chi connectivity index (χ3v) is 2.72. The maximum Gasteiger partial charge on any atom is 0.251 e. The van der Waals surface area contributed by atoms with E-state index in [0.29, 0.717) is 0 Å². The first-order valence-electron chi connectivity index (χ1n) is 5.74. The molecule has 3 N–H and O–H groups in total. The van der Waals surface area contributed by atoms with Crippen molar-refractivity contribution < 1.29 is 18.0 Å². The standard InChI is InChI=1S/C14H11F3N2O/c15-10-3-1-9(11(16)6-10)7-19-14(20)8-2-4-13(18)12(17)5-8/h1-6H,7,18H2,(H,19,20). The Hall–Kier alpha value is -2.50. The molecule has 2 aromatic carbocycles. The predicted octanol–water partition coefficient (Wildman–Crippen LogP) is 2.62. The molecule has 0 aliphatic heterocycles. The first-order chi connectivity index (χ1) is 9.47. The summed E-state index contributed by atoms with van der Waals surface area (Å²) in [5.41, 5.74) is 5.44. The summed E-state index contributed by atoms with van der Waals surface area (Å²) in [7, 11) is 0. The molecule has 0 bridgehead atoms. The lowest BCUT2D eigenvalue weighted by Crippen LogP contribution is -2.23. The number of carbonyl (C=O) groups is 1. The number of nitrogens with one attached hydrogen (secondary N) is 1. The summed E-state index contributed by atoms with van der Waals surface area (Å²) >= 11 is 0. The minimum Gasteiger partial charge on any atom is -0.396 e. The van der Waals surface area contributed by atoms with Gasteiger partial charge in [0, 0.05) is 23.7 Å². The zero-order valence-corrected chi connectivity index (χ0v) is 10.3. The molecule has 2 rings (SSSR count).